The van der Waals surface area contributed by atoms with Crippen molar-refractivity contribution in [3.05, 3.63) is 113 Å². The topological polar surface area (TPSA) is 21.1 Å². The van der Waals surface area contributed by atoms with Gasteiger partial charge >= 0.3 is 0 Å². The van der Waals surface area contributed by atoms with Crippen LogP contribution < -0.4 is 0 Å². The average Bonchev–Trinajstić information content (AvgIpc) is 3.50. The molecule has 0 saturated heterocycles. The fourth-order valence-electron chi connectivity index (χ4n) is 4.53. The predicted octanol–water partition coefficient (Wildman–Crippen LogP) is 7.77. The maximum Gasteiger partial charge on any atom is 0.140 e. The molecule has 0 aliphatic carbocycles. The van der Waals surface area contributed by atoms with Crippen molar-refractivity contribution in [2.24, 2.45) is 0 Å². The highest BCUT2D eigenvalue weighted by molar-refractivity contribution is 7.17. The Morgan fingerprint density at radius 1 is 0.824 bits per heavy atom. The van der Waals surface area contributed by atoms with Gasteiger partial charge in [-0.25, -0.2) is 4.98 Å². The van der Waals surface area contributed by atoms with Crippen LogP contribution in [0.4, 0.5) is 0 Å². The molecule has 2 heterocycles. The fraction of sp³-hybridized carbons (Fsp3) is 0.233. The van der Waals surface area contributed by atoms with Crippen LogP contribution in [0.5, 0.6) is 0 Å². The van der Waals surface area contributed by atoms with Gasteiger partial charge in [-0.1, -0.05) is 80.1 Å². The van der Waals surface area contributed by atoms with Gasteiger partial charge in [0.2, 0.25) is 0 Å². The SMILES string of the molecule is CCCCn1c(CN(Cc2ccccc2)Cc2ccc3sccc3c2)cnc1-c1ccccc1. The number of fused-ring (bicyclic) bond motifs is 1. The molecular formula is C30H31N3S. The molecular weight excluding hydrogens is 434 g/mol. The Balaban J connectivity index is 1.45. The highest BCUT2D eigenvalue weighted by atomic mass is 32.1. The zero-order valence-corrected chi connectivity index (χ0v) is 20.5. The summed E-state index contributed by atoms with van der Waals surface area (Å²) < 4.78 is 3.78. The first-order chi connectivity index (χ1) is 16.8. The summed E-state index contributed by atoms with van der Waals surface area (Å²) in [7, 11) is 0. The van der Waals surface area contributed by atoms with E-state index in [-0.39, 0.29) is 0 Å². The molecule has 3 aromatic carbocycles. The normalized spacial score (nSPS) is 11.5. The van der Waals surface area contributed by atoms with Crippen molar-refractivity contribution in [3.63, 3.8) is 0 Å². The Labute approximate surface area is 206 Å². The van der Waals surface area contributed by atoms with Gasteiger partial charge in [-0.2, -0.15) is 0 Å². The summed E-state index contributed by atoms with van der Waals surface area (Å²) in [5.74, 6) is 1.07. The van der Waals surface area contributed by atoms with Crippen molar-refractivity contribution in [2.45, 2.75) is 45.9 Å². The molecule has 0 aliphatic rings. The number of nitrogens with zero attached hydrogens (tertiary/aromatic N) is 3. The number of thiophene rings is 1. The third kappa shape index (κ3) is 5.30. The summed E-state index contributed by atoms with van der Waals surface area (Å²) in [6, 6.07) is 30.5. The van der Waals surface area contributed by atoms with E-state index in [0.717, 1.165) is 38.4 Å². The predicted molar refractivity (Wildman–Crippen MR) is 144 cm³/mol. The number of benzene rings is 3. The first-order valence-electron chi connectivity index (χ1n) is 12.1. The van der Waals surface area contributed by atoms with Crippen LogP contribution in [0.2, 0.25) is 0 Å². The molecule has 5 aromatic rings. The smallest absolute Gasteiger partial charge is 0.140 e. The molecule has 0 fully saturated rings. The van der Waals surface area contributed by atoms with Gasteiger partial charge in [0.05, 0.1) is 11.9 Å². The molecule has 172 valence electrons. The standard InChI is InChI=1S/C30H31N3S/c1-2-3-17-33-28(20-31-30(33)26-12-8-5-9-13-26)23-32(21-24-10-6-4-7-11-24)22-25-14-15-29-27(19-25)16-18-34-29/h4-16,18-20H,2-3,17,21-23H2,1H3. The molecule has 0 unspecified atom stereocenters. The molecule has 0 atom stereocenters. The number of aromatic nitrogens is 2. The Hall–Kier alpha value is -3.21. The summed E-state index contributed by atoms with van der Waals surface area (Å²) in [6.07, 6.45) is 4.40. The molecule has 0 bridgehead atoms. The van der Waals surface area contributed by atoms with Gasteiger partial charge in [0.1, 0.15) is 5.82 Å². The van der Waals surface area contributed by atoms with E-state index in [9.17, 15) is 0 Å². The molecule has 2 aromatic heterocycles. The fourth-order valence-corrected chi connectivity index (χ4v) is 5.30. The number of rotatable bonds is 10. The maximum absolute atomic E-state index is 4.88. The van der Waals surface area contributed by atoms with Crippen molar-refractivity contribution >= 4 is 21.4 Å². The second-order valence-corrected chi connectivity index (χ2v) is 9.82. The summed E-state index contributed by atoms with van der Waals surface area (Å²) in [6.45, 7) is 5.92. The molecule has 0 amide bonds. The third-order valence-electron chi connectivity index (χ3n) is 6.26. The zero-order valence-electron chi connectivity index (χ0n) is 19.7. The molecule has 0 aliphatic heterocycles. The first-order valence-corrected chi connectivity index (χ1v) is 13.0. The van der Waals surface area contributed by atoms with Gasteiger partial charge in [0.25, 0.3) is 0 Å². The van der Waals surface area contributed by atoms with Crippen LogP contribution in [0.15, 0.2) is 96.5 Å². The van der Waals surface area contributed by atoms with E-state index in [0.29, 0.717) is 0 Å². The highest BCUT2D eigenvalue weighted by Gasteiger charge is 2.16. The quantitative estimate of drug-likeness (QED) is 0.210. The van der Waals surface area contributed by atoms with Crippen LogP contribution >= 0.6 is 11.3 Å². The summed E-state index contributed by atoms with van der Waals surface area (Å²) in [5.41, 5.74) is 5.15. The van der Waals surface area contributed by atoms with Crippen LogP contribution in [-0.4, -0.2) is 14.5 Å². The lowest BCUT2D eigenvalue weighted by Crippen LogP contribution is -2.24. The summed E-state index contributed by atoms with van der Waals surface area (Å²) in [5, 5.41) is 3.51. The minimum atomic E-state index is 0.861. The average molecular weight is 466 g/mol. The third-order valence-corrected chi connectivity index (χ3v) is 7.16. The molecule has 5 rings (SSSR count). The second-order valence-electron chi connectivity index (χ2n) is 8.87. The summed E-state index contributed by atoms with van der Waals surface area (Å²) in [4.78, 5) is 7.42. The van der Waals surface area contributed by atoms with Gasteiger partial charge in [-0.15, -0.1) is 11.3 Å². The van der Waals surface area contributed by atoms with E-state index in [1.54, 1.807) is 11.3 Å². The van der Waals surface area contributed by atoms with Gasteiger partial charge in [0, 0.05) is 36.4 Å². The largest absolute Gasteiger partial charge is 0.327 e. The van der Waals surface area contributed by atoms with Crippen LogP contribution in [-0.2, 0) is 26.2 Å². The Bertz CT molecular complexity index is 1320. The lowest BCUT2D eigenvalue weighted by atomic mass is 10.1. The Morgan fingerprint density at radius 3 is 2.38 bits per heavy atom. The minimum absolute atomic E-state index is 0.861. The Morgan fingerprint density at radius 2 is 1.59 bits per heavy atom. The monoisotopic (exact) mass is 465 g/mol. The first kappa shape index (κ1) is 22.6. The minimum Gasteiger partial charge on any atom is -0.327 e. The van der Waals surface area contributed by atoms with E-state index in [4.69, 9.17) is 4.98 Å². The molecule has 0 saturated carbocycles. The highest BCUT2D eigenvalue weighted by Crippen LogP contribution is 2.25. The van der Waals surface area contributed by atoms with Crippen LogP contribution in [0.25, 0.3) is 21.5 Å². The van der Waals surface area contributed by atoms with Gasteiger partial charge < -0.3 is 4.57 Å². The van der Waals surface area contributed by atoms with Crippen molar-refractivity contribution in [2.75, 3.05) is 0 Å². The lowest BCUT2D eigenvalue weighted by Gasteiger charge is -2.24. The molecule has 0 N–H and O–H groups in total. The van der Waals surface area contributed by atoms with Crippen LogP contribution in [0.1, 0.15) is 36.6 Å². The Kier molecular flexibility index (Phi) is 7.18. The van der Waals surface area contributed by atoms with Gasteiger partial charge in [-0.05, 0) is 46.5 Å². The van der Waals surface area contributed by atoms with Gasteiger partial charge in [0.15, 0.2) is 0 Å². The molecule has 4 heteroatoms. The van der Waals surface area contributed by atoms with E-state index < -0.39 is 0 Å². The number of hydrogen-bond donors (Lipinski definition) is 0. The zero-order chi connectivity index (χ0) is 23.2. The van der Waals surface area contributed by atoms with E-state index in [1.165, 1.54) is 38.9 Å². The molecule has 0 radical (unpaired) electrons. The number of hydrogen-bond acceptors (Lipinski definition) is 3. The number of unbranched alkanes of at least 4 members (excludes halogenated alkanes) is 1. The lowest BCUT2D eigenvalue weighted by molar-refractivity contribution is 0.241. The molecule has 34 heavy (non-hydrogen) atoms. The molecule has 3 nitrogen and oxygen atoms in total. The van der Waals surface area contributed by atoms with E-state index in [2.05, 4.69) is 113 Å². The van der Waals surface area contributed by atoms with Crippen molar-refractivity contribution in [1.82, 2.24) is 14.5 Å². The van der Waals surface area contributed by atoms with E-state index in [1.807, 2.05) is 0 Å². The maximum atomic E-state index is 4.88. The van der Waals surface area contributed by atoms with Crippen molar-refractivity contribution in [1.29, 1.82) is 0 Å². The number of imidazole rings is 1. The molecule has 0 spiro atoms. The van der Waals surface area contributed by atoms with Crippen LogP contribution in [0.3, 0.4) is 0 Å². The van der Waals surface area contributed by atoms with Crippen molar-refractivity contribution in [3.8, 4) is 11.4 Å². The van der Waals surface area contributed by atoms with E-state index >= 15 is 0 Å². The van der Waals surface area contributed by atoms with Crippen LogP contribution in [0, 0.1) is 0 Å². The van der Waals surface area contributed by atoms with Crippen molar-refractivity contribution < 1.29 is 0 Å². The van der Waals surface area contributed by atoms with Gasteiger partial charge in [-0.3, -0.25) is 4.90 Å². The second kappa shape index (κ2) is 10.8. The summed E-state index contributed by atoms with van der Waals surface area (Å²) >= 11 is 1.81.